The highest BCUT2D eigenvalue weighted by Crippen LogP contribution is 2.18. The zero-order chi connectivity index (χ0) is 22.4. The van der Waals surface area contributed by atoms with E-state index in [1.54, 1.807) is 0 Å². The Balaban J connectivity index is 1.63. The molecule has 8 nitrogen and oxygen atoms in total. The maximum atomic E-state index is 13.0. The molecule has 0 atom stereocenters. The number of pyridine rings is 1. The number of amides is 1. The van der Waals surface area contributed by atoms with Crippen LogP contribution in [0, 0.1) is 5.82 Å². The van der Waals surface area contributed by atoms with E-state index in [1.807, 2.05) is 0 Å². The number of esters is 1. The van der Waals surface area contributed by atoms with Gasteiger partial charge in [-0.1, -0.05) is 17.7 Å². The Morgan fingerprint density at radius 2 is 1.81 bits per heavy atom. The Morgan fingerprint density at radius 3 is 2.48 bits per heavy atom. The van der Waals surface area contributed by atoms with Gasteiger partial charge < -0.3 is 10.1 Å². The highest BCUT2D eigenvalue weighted by molar-refractivity contribution is 7.92. The van der Waals surface area contributed by atoms with Gasteiger partial charge in [0, 0.05) is 11.9 Å². The van der Waals surface area contributed by atoms with Gasteiger partial charge in [0.05, 0.1) is 15.5 Å². The van der Waals surface area contributed by atoms with Crippen LogP contribution < -0.4 is 10.0 Å². The number of halogens is 2. The van der Waals surface area contributed by atoms with E-state index >= 15 is 0 Å². The number of ether oxygens (including phenoxy) is 1. The molecule has 0 saturated heterocycles. The molecule has 1 aromatic heterocycles. The van der Waals surface area contributed by atoms with Crippen molar-refractivity contribution < 1.29 is 27.1 Å². The monoisotopic (exact) mass is 463 g/mol. The molecule has 1 heterocycles. The van der Waals surface area contributed by atoms with E-state index in [-0.39, 0.29) is 22.0 Å². The molecule has 1 amide bonds. The Kier molecular flexibility index (Phi) is 6.83. The lowest BCUT2D eigenvalue weighted by Gasteiger charge is -2.10. The number of hydrogen-bond acceptors (Lipinski definition) is 6. The molecular weight excluding hydrogens is 449 g/mol. The van der Waals surface area contributed by atoms with Crippen molar-refractivity contribution in [3.63, 3.8) is 0 Å². The van der Waals surface area contributed by atoms with Crippen molar-refractivity contribution >= 4 is 45.0 Å². The zero-order valence-electron chi connectivity index (χ0n) is 15.7. The predicted octanol–water partition coefficient (Wildman–Crippen LogP) is 3.47. The first-order valence-corrected chi connectivity index (χ1v) is 10.6. The zero-order valence-corrected chi connectivity index (χ0v) is 17.3. The number of benzene rings is 2. The lowest BCUT2D eigenvalue weighted by Crippen LogP contribution is -2.21. The van der Waals surface area contributed by atoms with Crippen molar-refractivity contribution in [3.05, 3.63) is 83.3 Å². The number of sulfonamides is 1. The number of nitrogens with zero attached hydrogens (tertiary/aromatic N) is 1. The van der Waals surface area contributed by atoms with E-state index in [0.717, 1.165) is 18.2 Å². The van der Waals surface area contributed by atoms with E-state index in [4.69, 9.17) is 16.3 Å². The fourth-order valence-electron chi connectivity index (χ4n) is 2.37. The van der Waals surface area contributed by atoms with Gasteiger partial charge in [-0.3, -0.25) is 9.52 Å². The quantitative estimate of drug-likeness (QED) is 0.518. The van der Waals surface area contributed by atoms with Gasteiger partial charge >= 0.3 is 5.97 Å². The highest BCUT2D eigenvalue weighted by atomic mass is 35.5. The number of carbonyl (C=O) groups excluding carboxylic acids is 2. The molecule has 0 aliphatic rings. The molecule has 0 fully saturated rings. The highest BCUT2D eigenvalue weighted by Gasteiger charge is 2.18. The summed E-state index contributed by atoms with van der Waals surface area (Å²) in [5.41, 5.74) is 0.0845. The summed E-state index contributed by atoms with van der Waals surface area (Å²) in [7, 11) is -4.04. The first-order chi connectivity index (χ1) is 14.7. The lowest BCUT2D eigenvalue weighted by atomic mass is 10.2. The molecule has 160 valence electrons. The SMILES string of the molecule is O=C(COC(=O)c1cccc(S(=O)(=O)Nc2ccc(F)cc2)c1)Nc1ccc(Cl)cn1. The van der Waals surface area contributed by atoms with Crippen molar-refractivity contribution in [1.29, 1.82) is 0 Å². The molecule has 2 aromatic carbocycles. The van der Waals surface area contributed by atoms with Gasteiger partial charge in [0.25, 0.3) is 15.9 Å². The summed E-state index contributed by atoms with van der Waals surface area (Å²) in [5.74, 6) is -1.81. The van der Waals surface area contributed by atoms with Gasteiger partial charge in [-0.25, -0.2) is 22.6 Å². The Bertz CT molecular complexity index is 1200. The molecule has 31 heavy (non-hydrogen) atoms. The van der Waals surface area contributed by atoms with E-state index in [1.165, 1.54) is 48.7 Å². The number of rotatable bonds is 7. The fraction of sp³-hybridized carbons (Fsp3) is 0.0500. The molecule has 0 saturated carbocycles. The van der Waals surface area contributed by atoms with E-state index in [2.05, 4.69) is 15.0 Å². The molecule has 3 rings (SSSR count). The van der Waals surface area contributed by atoms with Gasteiger partial charge in [-0.2, -0.15) is 0 Å². The van der Waals surface area contributed by atoms with Crippen molar-refractivity contribution in [2.45, 2.75) is 4.90 Å². The Labute approximate surface area is 182 Å². The number of nitrogens with one attached hydrogen (secondary N) is 2. The largest absolute Gasteiger partial charge is 0.452 e. The summed E-state index contributed by atoms with van der Waals surface area (Å²) < 4.78 is 45.2. The number of anilines is 2. The van der Waals surface area contributed by atoms with E-state index < -0.39 is 34.3 Å². The minimum atomic E-state index is -4.04. The molecule has 0 aliphatic heterocycles. The van der Waals surface area contributed by atoms with Crippen LogP contribution in [0.4, 0.5) is 15.9 Å². The van der Waals surface area contributed by atoms with Crippen LogP contribution in [-0.4, -0.2) is 31.9 Å². The van der Waals surface area contributed by atoms with Crippen molar-refractivity contribution in [2.75, 3.05) is 16.6 Å². The third-order valence-corrected chi connectivity index (χ3v) is 5.41. The predicted molar refractivity (Wildman–Crippen MR) is 112 cm³/mol. The second-order valence-corrected chi connectivity index (χ2v) is 8.25. The van der Waals surface area contributed by atoms with Crippen LogP contribution in [0.5, 0.6) is 0 Å². The van der Waals surface area contributed by atoms with Crippen LogP contribution >= 0.6 is 11.6 Å². The van der Waals surface area contributed by atoms with E-state index in [9.17, 15) is 22.4 Å². The third-order valence-electron chi connectivity index (χ3n) is 3.81. The van der Waals surface area contributed by atoms with Crippen molar-refractivity contribution in [3.8, 4) is 0 Å². The smallest absolute Gasteiger partial charge is 0.338 e. The summed E-state index contributed by atoms with van der Waals surface area (Å²) in [6, 6.07) is 12.8. The van der Waals surface area contributed by atoms with E-state index in [0.29, 0.717) is 5.02 Å². The van der Waals surface area contributed by atoms with Gasteiger partial charge in [0.2, 0.25) is 0 Å². The first kappa shape index (κ1) is 22.2. The minimum Gasteiger partial charge on any atom is -0.452 e. The number of aromatic nitrogens is 1. The van der Waals surface area contributed by atoms with Gasteiger partial charge in [-0.15, -0.1) is 0 Å². The van der Waals surface area contributed by atoms with Crippen LogP contribution in [0.2, 0.25) is 5.02 Å². The van der Waals surface area contributed by atoms with Crippen LogP contribution in [0.15, 0.2) is 71.8 Å². The molecule has 0 radical (unpaired) electrons. The Morgan fingerprint density at radius 1 is 1.06 bits per heavy atom. The number of hydrogen-bond donors (Lipinski definition) is 2. The molecule has 11 heteroatoms. The minimum absolute atomic E-state index is 0.0700. The van der Waals surface area contributed by atoms with Crippen LogP contribution in [0.25, 0.3) is 0 Å². The first-order valence-electron chi connectivity index (χ1n) is 8.70. The normalized spacial score (nSPS) is 10.9. The van der Waals surface area contributed by atoms with Gasteiger partial charge in [-0.05, 0) is 54.6 Å². The summed E-state index contributed by atoms with van der Waals surface area (Å²) in [5, 5.41) is 2.82. The van der Waals surface area contributed by atoms with Crippen LogP contribution in [-0.2, 0) is 19.6 Å². The second-order valence-electron chi connectivity index (χ2n) is 6.13. The summed E-state index contributed by atoms with van der Waals surface area (Å²) in [4.78, 5) is 27.8. The second kappa shape index (κ2) is 9.54. The molecule has 0 aliphatic carbocycles. The van der Waals surface area contributed by atoms with Crippen LogP contribution in [0.3, 0.4) is 0 Å². The Hall–Kier alpha value is -3.50. The van der Waals surface area contributed by atoms with Gasteiger partial charge in [0.15, 0.2) is 6.61 Å². The lowest BCUT2D eigenvalue weighted by molar-refractivity contribution is -0.119. The van der Waals surface area contributed by atoms with Gasteiger partial charge in [0.1, 0.15) is 11.6 Å². The topological polar surface area (TPSA) is 114 Å². The average Bonchev–Trinajstić information content (AvgIpc) is 2.75. The molecule has 3 aromatic rings. The number of carbonyl (C=O) groups is 2. The maximum Gasteiger partial charge on any atom is 0.338 e. The summed E-state index contributed by atoms with van der Waals surface area (Å²) in [6.45, 7) is -0.603. The molecular formula is C20H15ClFN3O5S. The molecule has 2 N–H and O–H groups in total. The third kappa shape index (κ3) is 6.24. The average molecular weight is 464 g/mol. The van der Waals surface area contributed by atoms with Crippen molar-refractivity contribution in [1.82, 2.24) is 4.98 Å². The van der Waals surface area contributed by atoms with Crippen LogP contribution in [0.1, 0.15) is 10.4 Å². The molecule has 0 bridgehead atoms. The fourth-order valence-corrected chi connectivity index (χ4v) is 3.58. The summed E-state index contributed by atoms with van der Waals surface area (Å²) >= 11 is 5.71. The standard InChI is InChI=1S/C20H15ClFN3O5S/c21-14-4-9-18(23-11-14)24-19(26)12-30-20(27)13-2-1-3-17(10-13)31(28,29)25-16-7-5-15(22)6-8-16/h1-11,25H,12H2,(H,23,24,26). The molecule has 0 unspecified atom stereocenters. The van der Waals surface area contributed by atoms with Crippen molar-refractivity contribution in [2.24, 2.45) is 0 Å². The molecule has 0 spiro atoms. The maximum absolute atomic E-state index is 13.0. The summed E-state index contributed by atoms with van der Waals surface area (Å²) in [6.07, 6.45) is 1.34.